The number of halogens is 3. The number of methoxy groups -OCH3 is 1. The fourth-order valence-corrected chi connectivity index (χ4v) is 2.85. The van der Waals surface area contributed by atoms with Crippen LogP contribution in [0.3, 0.4) is 0 Å². The summed E-state index contributed by atoms with van der Waals surface area (Å²) in [5.74, 6) is -0.818. The number of amides is 2. The van der Waals surface area contributed by atoms with E-state index >= 15 is 0 Å². The van der Waals surface area contributed by atoms with Crippen LogP contribution in [0.4, 0.5) is 18.9 Å². The van der Waals surface area contributed by atoms with Gasteiger partial charge in [0.1, 0.15) is 12.4 Å². The number of hydrogen-bond acceptors (Lipinski definition) is 4. The van der Waals surface area contributed by atoms with Crippen molar-refractivity contribution >= 4 is 17.5 Å². The first kappa shape index (κ1) is 24.2. The third-order valence-electron chi connectivity index (χ3n) is 4.37. The molecule has 0 bridgehead atoms. The van der Waals surface area contributed by atoms with E-state index < -0.39 is 23.7 Å². The second-order valence-electron chi connectivity index (χ2n) is 6.97. The second-order valence-corrected chi connectivity index (χ2v) is 6.97. The van der Waals surface area contributed by atoms with Crippen LogP contribution in [0.5, 0.6) is 5.75 Å². The highest BCUT2D eigenvalue weighted by Gasteiger charge is 2.31. The molecule has 6 nitrogen and oxygen atoms in total. The third kappa shape index (κ3) is 7.60. The molecule has 168 valence electrons. The van der Waals surface area contributed by atoms with Crippen molar-refractivity contribution in [2.75, 3.05) is 25.6 Å². The molecule has 1 unspecified atom stereocenters. The van der Waals surface area contributed by atoms with Gasteiger partial charge in [0, 0.05) is 14.0 Å². The molecule has 1 atom stereocenters. The zero-order chi connectivity index (χ0) is 23.0. The summed E-state index contributed by atoms with van der Waals surface area (Å²) >= 11 is 0. The van der Waals surface area contributed by atoms with E-state index in [0.29, 0.717) is 5.56 Å². The Morgan fingerprint density at radius 1 is 1.06 bits per heavy atom. The molecule has 0 aromatic heterocycles. The van der Waals surface area contributed by atoms with Crippen molar-refractivity contribution in [3.63, 3.8) is 0 Å². The quantitative estimate of drug-likeness (QED) is 0.574. The van der Waals surface area contributed by atoms with Gasteiger partial charge in [0.05, 0.1) is 30.3 Å². The first-order chi connectivity index (χ1) is 14.6. The molecular weight excluding hydrogens is 413 g/mol. The highest BCUT2D eigenvalue weighted by molar-refractivity contribution is 5.93. The number of benzene rings is 2. The minimum atomic E-state index is -4.58. The smallest absolute Gasteiger partial charge is 0.416 e. The van der Waals surface area contributed by atoms with Crippen LogP contribution in [0.1, 0.15) is 36.1 Å². The number of hydrogen-bond donors (Lipinski definition) is 2. The van der Waals surface area contributed by atoms with Gasteiger partial charge in [0.25, 0.3) is 0 Å². The van der Waals surface area contributed by atoms with Crippen LogP contribution >= 0.6 is 0 Å². The molecule has 0 aliphatic carbocycles. The lowest BCUT2D eigenvalue weighted by Crippen LogP contribution is -2.30. The number of nitrogens with one attached hydrogen (secondary N) is 2. The van der Waals surface area contributed by atoms with Crippen molar-refractivity contribution in [2.45, 2.75) is 32.5 Å². The normalized spacial score (nSPS) is 12.2. The van der Waals surface area contributed by atoms with Crippen molar-refractivity contribution in [3.05, 3.63) is 59.2 Å². The summed E-state index contributed by atoms with van der Waals surface area (Å²) in [6, 6.07) is 9.47. The summed E-state index contributed by atoms with van der Waals surface area (Å²) in [6.45, 7) is 3.56. The molecule has 0 spiro atoms. The van der Waals surface area contributed by atoms with Crippen LogP contribution in [-0.4, -0.2) is 32.1 Å². The molecule has 0 saturated carbocycles. The summed E-state index contributed by atoms with van der Waals surface area (Å²) in [5.41, 5.74) is 0.688. The average Bonchev–Trinajstić information content (AvgIpc) is 2.68. The third-order valence-corrected chi connectivity index (χ3v) is 4.37. The number of ether oxygens (including phenoxy) is 2. The van der Waals surface area contributed by atoms with Crippen LogP contribution in [0.2, 0.25) is 0 Å². The summed E-state index contributed by atoms with van der Waals surface area (Å²) < 4.78 is 49.7. The first-order valence-electron chi connectivity index (χ1n) is 9.56. The van der Waals surface area contributed by atoms with Crippen LogP contribution in [0, 0.1) is 6.92 Å². The molecule has 0 aliphatic heterocycles. The van der Waals surface area contributed by atoms with E-state index in [2.05, 4.69) is 10.6 Å². The van der Waals surface area contributed by atoms with Crippen LogP contribution in [0.15, 0.2) is 42.5 Å². The summed E-state index contributed by atoms with van der Waals surface area (Å²) in [7, 11) is 1.46. The van der Waals surface area contributed by atoms with Crippen LogP contribution in [0.25, 0.3) is 0 Å². The molecule has 9 heteroatoms. The first-order valence-corrected chi connectivity index (χ1v) is 9.56. The van der Waals surface area contributed by atoms with E-state index in [1.807, 2.05) is 19.1 Å². The molecule has 0 fully saturated rings. The van der Waals surface area contributed by atoms with E-state index in [9.17, 15) is 22.8 Å². The van der Waals surface area contributed by atoms with Gasteiger partial charge >= 0.3 is 6.18 Å². The summed E-state index contributed by atoms with van der Waals surface area (Å²) in [4.78, 5) is 24.3. The molecule has 0 radical (unpaired) electrons. The molecule has 0 aliphatic rings. The number of carbonyl (C=O) groups excluding carboxylic acids is 2. The molecule has 2 rings (SSSR count). The Morgan fingerprint density at radius 2 is 1.74 bits per heavy atom. The molecule has 0 saturated heterocycles. The van der Waals surface area contributed by atoms with Gasteiger partial charge < -0.3 is 20.1 Å². The van der Waals surface area contributed by atoms with Crippen molar-refractivity contribution in [1.82, 2.24) is 5.32 Å². The molecule has 2 aromatic rings. The largest absolute Gasteiger partial charge is 0.489 e. The highest BCUT2D eigenvalue weighted by atomic mass is 19.4. The Kier molecular flexibility index (Phi) is 8.44. The molecule has 2 amide bonds. The van der Waals surface area contributed by atoms with Crippen molar-refractivity contribution in [2.24, 2.45) is 0 Å². The van der Waals surface area contributed by atoms with Gasteiger partial charge in [0.2, 0.25) is 11.8 Å². The minimum absolute atomic E-state index is 0.0878. The molecular formula is C22H25F3N2O4. The SMILES string of the molecule is COCCOc1ccc(C(F)(F)F)cc1NC(=O)CC(NC(C)=O)c1ccc(C)cc1. The monoisotopic (exact) mass is 438 g/mol. The predicted molar refractivity (Wildman–Crippen MR) is 110 cm³/mol. The fraction of sp³-hybridized carbons (Fsp3) is 0.364. The Hall–Kier alpha value is -3.07. The maximum Gasteiger partial charge on any atom is 0.416 e. The zero-order valence-corrected chi connectivity index (χ0v) is 17.5. The van der Waals surface area contributed by atoms with Gasteiger partial charge in [-0.05, 0) is 30.7 Å². The predicted octanol–water partition coefficient (Wildman–Crippen LogP) is 4.25. The van der Waals surface area contributed by atoms with Crippen LogP contribution < -0.4 is 15.4 Å². The lowest BCUT2D eigenvalue weighted by molar-refractivity contribution is -0.137. The Morgan fingerprint density at radius 3 is 2.32 bits per heavy atom. The van der Waals surface area contributed by atoms with E-state index in [-0.39, 0.29) is 37.0 Å². The Bertz CT molecular complexity index is 899. The van der Waals surface area contributed by atoms with E-state index in [0.717, 1.165) is 23.8 Å². The van der Waals surface area contributed by atoms with Gasteiger partial charge in [-0.3, -0.25) is 9.59 Å². The fourth-order valence-electron chi connectivity index (χ4n) is 2.85. The van der Waals surface area contributed by atoms with Crippen molar-refractivity contribution in [1.29, 1.82) is 0 Å². The van der Waals surface area contributed by atoms with Crippen molar-refractivity contribution in [3.8, 4) is 5.75 Å². The number of anilines is 1. The summed E-state index contributed by atoms with van der Waals surface area (Å²) in [5, 5.41) is 5.18. The van der Waals surface area contributed by atoms with Gasteiger partial charge in [-0.2, -0.15) is 13.2 Å². The second kappa shape index (κ2) is 10.8. The average molecular weight is 438 g/mol. The molecule has 0 heterocycles. The number of carbonyl (C=O) groups is 2. The zero-order valence-electron chi connectivity index (χ0n) is 17.5. The topological polar surface area (TPSA) is 76.7 Å². The number of rotatable bonds is 9. The van der Waals surface area contributed by atoms with Gasteiger partial charge in [-0.15, -0.1) is 0 Å². The van der Waals surface area contributed by atoms with Gasteiger partial charge in [-0.25, -0.2) is 0 Å². The molecule has 2 aromatic carbocycles. The molecule has 31 heavy (non-hydrogen) atoms. The standard InChI is InChI=1S/C22H25F3N2O4/c1-14-4-6-16(7-5-14)18(26-15(2)28)13-21(29)27-19-12-17(22(23,24)25)8-9-20(19)31-11-10-30-3/h4-9,12,18H,10-11,13H2,1-3H3,(H,26,28)(H,27,29). The lowest BCUT2D eigenvalue weighted by Gasteiger charge is -2.20. The Labute approximate surface area is 178 Å². The maximum absolute atomic E-state index is 13.1. The minimum Gasteiger partial charge on any atom is -0.489 e. The van der Waals surface area contributed by atoms with Gasteiger partial charge in [-0.1, -0.05) is 29.8 Å². The van der Waals surface area contributed by atoms with E-state index in [1.54, 1.807) is 12.1 Å². The van der Waals surface area contributed by atoms with Crippen LogP contribution in [-0.2, 0) is 20.5 Å². The maximum atomic E-state index is 13.1. The van der Waals surface area contributed by atoms with E-state index in [1.165, 1.54) is 14.0 Å². The highest BCUT2D eigenvalue weighted by Crippen LogP contribution is 2.35. The van der Waals surface area contributed by atoms with Crippen molar-refractivity contribution < 1.29 is 32.2 Å². The summed E-state index contributed by atoms with van der Waals surface area (Å²) in [6.07, 6.45) is -4.75. The Balaban J connectivity index is 2.23. The van der Waals surface area contributed by atoms with Gasteiger partial charge in [0.15, 0.2) is 0 Å². The number of aryl methyl sites for hydroxylation is 1. The molecule has 2 N–H and O–H groups in total. The number of alkyl halides is 3. The lowest BCUT2D eigenvalue weighted by atomic mass is 10.0. The van der Waals surface area contributed by atoms with E-state index in [4.69, 9.17) is 9.47 Å².